The highest BCUT2D eigenvalue weighted by Crippen LogP contribution is 2.41. The van der Waals surface area contributed by atoms with Gasteiger partial charge in [-0.2, -0.15) is 18.3 Å². The highest BCUT2D eigenvalue weighted by atomic mass is 79.9. The maximum Gasteiger partial charge on any atom is 0.421 e. The van der Waals surface area contributed by atoms with Gasteiger partial charge in [0.2, 0.25) is 0 Å². The fourth-order valence-corrected chi connectivity index (χ4v) is 2.32. The largest absolute Gasteiger partial charge is 0.421 e. The first-order valence-electron chi connectivity index (χ1n) is 4.76. The molecule has 0 atom stereocenters. The molecular weight excluding hydrogens is 297 g/mol. The summed E-state index contributed by atoms with van der Waals surface area (Å²) in [5, 5.41) is 3.77. The van der Waals surface area contributed by atoms with Crippen molar-refractivity contribution in [3.05, 3.63) is 40.5 Å². The van der Waals surface area contributed by atoms with Gasteiger partial charge >= 0.3 is 6.18 Å². The minimum Gasteiger partial charge on any atom is -0.266 e. The predicted molar refractivity (Wildman–Crippen MR) is 61.3 cm³/mol. The molecular formula is C11H8BrF3N2. The van der Waals surface area contributed by atoms with Crippen molar-refractivity contribution < 1.29 is 13.2 Å². The van der Waals surface area contributed by atoms with Crippen LogP contribution in [-0.4, -0.2) is 9.78 Å². The normalized spacial score (nSPS) is 11.8. The Morgan fingerprint density at radius 1 is 1.18 bits per heavy atom. The van der Waals surface area contributed by atoms with E-state index >= 15 is 0 Å². The van der Waals surface area contributed by atoms with Crippen molar-refractivity contribution >= 4 is 15.9 Å². The Morgan fingerprint density at radius 3 is 2.29 bits per heavy atom. The molecule has 17 heavy (non-hydrogen) atoms. The van der Waals surface area contributed by atoms with Crippen molar-refractivity contribution in [2.75, 3.05) is 0 Å². The molecule has 0 saturated heterocycles. The summed E-state index contributed by atoms with van der Waals surface area (Å²) in [5.74, 6) is 0. The fourth-order valence-electron chi connectivity index (χ4n) is 1.67. The predicted octanol–water partition coefficient (Wildman–Crippen LogP) is 3.87. The van der Waals surface area contributed by atoms with Gasteiger partial charge in [0.25, 0.3) is 0 Å². The van der Waals surface area contributed by atoms with Gasteiger partial charge in [-0.05, 0) is 15.9 Å². The van der Waals surface area contributed by atoms with E-state index in [0.717, 1.165) is 0 Å². The second kappa shape index (κ2) is 4.18. The van der Waals surface area contributed by atoms with Gasteiger partial charge in [0, 0.05) is 12.6 Å². The summed E-state index contributed by atoms with van der Waals surface area (Å²) in [6.45, 7) is 0. The van der Waals surface area contributed by atoms with E-state index in [0.29, 0.717) is 5.56 Å². The first kappa shape index (κ1) is 12.2. The van der Waals surface area contributed by atoms with Gasteiger partial charge in [0.15, 0.2) is 0 Å². The van der Waals surface area contributed by atoms with Crippen molar-refractivity contribution in [1.29, 1.82) is 0 Å². The van der Waals surface area contributed by atoms with Crippen molar-refractivity contribution in [1.82, 2.24) is 9.78 Å². The van der Waals surface area contributed by atoms with Gasteiger partial charge < -0.3 is 0 Å². The Labute approximate surface area is 104 Å². The van der Waals surface area contributed by atoms with E-state index in [9.17, 15) is 13.2 Å². The third-order valence-electron chi connectivity index (χ3n) is 2.34. The minimum atomic E-state index is -4.43. The van der Waals surface area contributed by atoms with Gasteiger partial charge in [-0.25, -0.2) is 0 Å². The average Bonchev–Trinajstić information content (AvgIpc) is 2.54. The highest BCUT2D eigenvalue weighted by Gasteiger charge is 2.39. The molecule has 1 heterocycles. The number of halogens is 4. The van der Waals surface area contributed by atoms with Gasteiger partial charge in [-0.15, -0.1) is 0 Å². The van der Waals surface area contributed by atoms with E-state index in [4.69, 9.17) is 0 Å². The van der Waals surface area contributed by atoms with Crippen LogP contribution < -0.4 is 0 Å². The zero-order valence-corrected chi connectivity index (χ0v) is 10.4. The van der Waals surface area contributed by atoms with Crippen molar-refractivity contribution in [2.24, 2.45) is 7.05 Å². The molecule has 1 aromatic carbocycles. The van der Waals surface area contributed by atoms with Crippen LogP contribution in [0.25, 0.3) is 11.3 Å². The van der Waals surface area contributed by atoms with Crippen molar-refractivity contribution in [3.63, 3.8) is 0 Å². The lowest BCUT2D eigenvalue weighted by molar-refractivity contribution is -0.137. The van der Waals surface area contributed by atoms with E-state index in [-0.39, 0.29) is 10.3 Å². The number of nitrogens with zero attached hydrogens (tertiary/aromatic N) is 2. The first-order chi connectivity index (χ1) is 7.91. The summed E-state index contributed by atoms with van der Waals surface area (Å²) in [6.07, 6.45) is -4.43. The molecule has 0 radical (unpaired) electrons. The maximum absolute atomic E-state index is 12.9. The van der Waals surface area contributed by atoms with Crippen molar-refractivity contribution in [2.45, 2.75) is 6.18 Å². The summed E-state index contributed by atoms with van der Waals surface area (Å²) >= 11 is 2.85. The number of aromatic nitrogens is 2. The molecule has 0 saturated carbocycles. The van der Waals surface area contributed by atoms with Crippen molar-refractivity contribution in [3.8, 4) is 11.3 Å². The molecule has 1 aromatic heterocycles. The van der Waals surface area contributed by atoms with E-state index in [1.54, 1.807) is 30.3 Å². The van der Waals surface area contributed by atoms with Crippen LogP contribution >= 0.6 is 15.9 Å². The average molecular weight is 305 g/mol. The molecule has 6 heteroatoms. The van der Waals surface area contributed by atoms with Crippen LogP contribution in [0.1, 0.15) is 5.56 Å². The Hall–Kier alpha value is -1.30. The lowest BCUT2D eigenvalue weighted by atomic mass is 10.1. The van der Waals surface area contributed by atoms with E-state index < -0.39 is 11.7 Å². The van der Waals surface area contributed by atoms with Crippen LogP contribution in [0.5, 0.6) is 0 Å². The summed E-state index contributed by atoms with van der Waals surface area (Å²) in [5.41, 5.74) is -0.197. The molecule has 2 rings (SSSR count). The number of aryl methyl sites for hydroxylation is 1. The SMILES string of the molecule is Cn1nc(Br)c(C(F)(F)F)c1-c1ccccc1. The summed E-state index contributed by atoms with van der Waals surface area (Å²) < 4.78 is 39.8. The second-order valence-corrected chi connectivity index (χ2v) is 4.25. The smallest absolute Gasteiger partial charge is 0.266 e. The maximum atomic E-state index is 12.9. The van der Waals surface area contributed by atoms with Gasteiger partial charge in [-0.3, -0.25) is 4.68 Å². The lowest BCUT2D eigenvalue weighted by Gasteiger charge is -2.09. The molecule has 0 unspecified atom stereocenters. The van der Waals surface area contributed by atoms with E-state index in [2.05, 4.69) is 21.0 Å². The van der Waals surface area contributed by atoms with Crippen LogP contribution in [0, 0.1) is 0 Å². The Bertz CT molecular complexity index is 532. The standard InChI is InChI=1S/C11H8BrF3N2/c1-17-9(7-5-3-2-4-6-7)8(10(12)16-17)11(13,14)15/h2-6H,1H3. The molecule has 0 aliphatic heterocycles. The molecule has 0 spiro atoms. The van der Waals surface area contributed by atoms with Crippen LogP contribution in [0.4, 0.5) is 13.2 Å². The molecule has 90 valence electrons. The monoisotopic (exact) mass is 304 g/mol. The summed E-state index contributed by atoms with van der Waals surface area (Å²) in [7, 11) is 1.49. The Morgan fingerprint density at radius 2 is 1.76 bits per heavy atom. The molecule has 0 bridgehead atoms. The summed E-state index contributed by atoms with van der Waals surface area (Å²) in [4.78, 5) is 0. The Balaban J connectivity index is 2.70. The van der Waals surface area contributed by atoms with Crippen LogP contribution in [-0.2, 0) is 13.2 Å². The third-order valence-corrected chi connectivity index (χ3v) is 2.89. The molecule has 0 fully saturated rings. The number of benzene rings is 1. The van der Waals surface area contributed by atoms with E-state index in [1.165, 1.54) is 11.7 Å². The topological polar surface area (TPSA) is 17.8 Å². The second-order valence-electron chi connectivity index (χ2n) is 3.50. The molecule has 2 nitrogen and oxygen atoms in total. The zero-order valence-electron chi connectivity index (χ0n) is 8.79. The van der Waals surface area contributed by atoms with Crippen LogP contribution in [0.3, 0.4) is 0 Å². The van der Waals surface area contributed by atoms with Gasteiger partial charge in [-0.1, -0.05) is 30.3 Å². The fraction of sp³-hybridized carbons (Fsp3) is 0.182. The van der Waals surface area contributed by atoms with Gasteiger partial charge in [0.05, 0.1) is 5.69 Å². The van der Waals surface area contributed by atoms with Crippen LogP contribution in [0.15, 0.2) is 34.9 Å². The number of alkyl halides is 3. The first-order valence-corrected chi connectivity index (χ1v) is 5.55. The molecule has 2 aromatic rings. The molecule has 0 N–H and O–H groups in total. The molecule has 0 aliphatic rings. The number of rotatable bonds is 1. The zero-order chi connectivity index (χ0) is 12.6. The van der Waals surface area contributed by atoms with E-state index in [1.807, 2.05) is 0 Å². The number of hydrogen-bond acceptors (Lipinski definition) is 1. The minimum absolute atomic E-state index is 0.0602. The van der Waals surface area contributed by atoms with Gasteiger partial charge in [0.1, 0.15) is 10.2 Å². The molecule has 0 aliphatic carbocycles. The Kier molecular flexibility index (Phi) is 2.99. The van der Waals surface area contributed by atoms with Crippen LogP contribution in [0.2, 0.25) is 0 Å². The highest BCUT2D eigenvalue weighted by molar-refractivity contribution is 9.10. The lowest BCUT2D eigenvalue weighted by Crippen LogP contribution is -2.07. The summed E-state index contributed by atoms with van der Waals surface area (Å²) in [6, 6.07) is 8.38. The number of hydrogen-bond donors (Lipinski definition) is 0. The third kappa shape index (κ3) is 2.22. The molecule has 0 amide bonds. The quantitative estimate of drug-likeness (QED) is 0.782.